The van der Waals surface area contributed by atoms with Gasteiger partial charge in [-0.3, -0.25) is 4.79 Å². The van der Waals surface area contributed by atoms with Crippen molar-refractivity contribution in [2.24, 2.45) is 0 Å². The van der Waals surface area contributed by atoms with E-state index in [0.717, 1.165) is 22.6 Å². The molecule has 0 atom stereocenters. The molecule has 4 nitrogen and oxygen atoms in total. The van der Waals surface area contributed by atoms with Gasteiger partial charge < -0.3 is 10.1 Å². The van der Waals surface area contributed by atoms with Gasteiger partial charge in [0, 0.05) is 15.8 Å². The third kappa shape index (κ3) is 4.61. The maximum Gasteiger partial charge on any atom is 0.230 e. The summed E-state index contributed by atoms with van der Waals surface area (Å²) >= 11 is 3.11. The van der Waals surface area contributed by atoms with E-state index in [0.29, 0.717) is 11.6 Å². The molecule has 0 unspecified atom stereocenters. The number of carbonyl (C=O) groups excluding carboxylic acids is 1. The number of thioether (sulfide) groups is 1. The average molecular weight is 370 g/mol. The van der Waals surface area contributed by atoms with Gasteiger partial charge in [0.15, 0.2) is 5.13 Å². The highest BCUT2D eigenvalue weighted by Gasteiger charge is 2.09. The Kier molecular flexibility index (Phi) is 5.73. The minimum absolute atomic E-state index is 0.0625. The average Bonchev–Trinajstić information content (AvgIpc) is 3.10. The lowest BCUT2D eigenvalue weighted by Crippen LogP contribution is -2.14. The van der Waals surface area contributed by atoms with Crippen molar-refractivity contribution in [3.63, 3.8) is 0 Å². The zero-order valence-electron chi connectivity index (χ0n) is 14.0. The molecule has 25 heavy (non-hydrogen) atoms. The Labute approximate surface area is 155 Å². The van der Waals surface area contributed by atoms with Crippen LogP contribution in [0.2, 0.25) is 0 Å². The SMILES string of the molecule is COc1ccc(-c2csc(NC(=O)Cc3ccc(SC)cc3)n2)cc1. The lowest BCUT2D eigenvalue weighted by Gasteiger charge is -2.03. The molecule has 0 bridgehead atoms. The first-order chi connectivity index (χ1) is 12.2. The lowest BCUT2D eigenvalue weighted by atomic mass is 10.1. The number of amides is 1. The Morgan fingerprint density at radius 2 is 1.88 bits per heavy atom. The van der Waals surface area contributed by atoms with Crippen molar-refractivity contribution in [2.45, 2.75) is 11.3 Å². The van der Waals surface area contributed by atoms with Crippen LogP contribution in [0, 0.1) is 0 Å². The number of methoxy groups -OCH3 is 1. The van der Waals surface area contributed by atoms with Crippen LogP contribution < -0.4 is 10.1 Å². The number of hydrogen-bond acceptors (Lipinski definition) is 5. The summed E-state index contributed by atoms with van der Waals surface area (Å²) in [6, 6.07) is 15.7. The molecule has 1 amide bonds. The lowest BCUT2D eigenvalue weighted by molar-refractivity contribution is -0.115. The predicted molar refractivity (Wildman–Crippen MR) is 105 cm³/mol. The van der Waals surface area contributed by atoms with Gasteiger partial charge in [-0.25, -0.2) is 4.98 Å². The van der Waals surface area contributed by atoms with Crippen LogP contribution in [0.3, 0.4) is 0 Å². The summed E-state index contributed by atoms with van der Waals surface area (Å²) in [5, 5.41) is 5.41. The van der Waals surface area contributed by atoms with E-state index < -0.39 is 0 Å². The molecule has 0 radical (unpaired) electrons. The van der Waals surface area contributed by atoms with Gasteiger partial charge in [-0.2, -0.15) is 0 Å². The first-order valence-corrected chi connectivity index (χ1v) is 9.81. The summed E-state index contributed by atoms with van der Waals surface area (Å²) in [5.74, 6) is 0.743. The Hall–Kier alpha value is -2.31. The molecule has 2 aromatic carbocycles. The van der Waals surface area contributed by atoms with E-state index in [2.05, 4.69) is 10.3 Å². The summed E-state index contributed by atoms with van der Waals surface area (Å²) in [4.78, 5) is 17.9. The molecule has 128 valence electrons. The molecule has 3 rings (SSSR count). The third-order valence-electron chi connectivity index (χ3n) is 3.66. The number of aromatic nitrogens is 1. The van der Waals surface area contributed by atoms with E-state index in [1.807, 2.05) is 60.2 Å². The van der Waals surface area contributed by atoms with Crippen molar-refractivity contribution in [1.29, 1.82) is 0 Å². The number of anilines is 1. The molecule has 0 spiro atoms. The van der Waals surface area contributed by atoms with Crippen LogP contribution in [-0.4, -0.2) is 24.3 Å². The van der Waals surface area contributed by atoms with Crippen molar-refractivity contribution in [2.75, 3.05) is 18.7 Å². The van der Waals surface area contributed by atoms with E-state index >= 15 is 0 Å². The number of thiazole rings is 1. The topological polar surface area (TPSA) is 51.2 Å². The molecule has 0 fully saturated rings. The highest BCUT2D eigenvalue weighted by atomic mass is 32.2. The normalized spacial score (nSPS) is 10.5. The van der Waals surface area contributed by atoms with Crippen molar-refractivity contribution < 1.29 is 9.53 Å². The number of nitrogens with zero attached hydrogens (tertiary/aromatic N) is 1. The quantitative estimate of drug-likeness (QED) is 0.638. The van der Waals surface area contributed by atoms with E-state index in [1.54, 1.807) is 18.9 Å². The summed E-state index contributed by atoms with van der Waals surface area (Å²) in [7, 11) is 1.64. The summed E-state index contributed by atoms with van der Waals surface area (Å²) < 4.78 is 5.16. The van der Waals surface area contributed by atoms with Crippen LogP contribution in [0.25, 0.3) is 11.3 Å². The smallest absolute Gasteiger partial charge is 0.230 e. The van der Waals surface area contributed by atoms with Gasteiger partial charge in [-0.15, -0.1) is 23.1 Å². The second-order valence-corrected chi connectivity index (χ2v) is 7.08. The maximum atomic E-state index is 12.2. The first-order valence-electron chi connectivity index (χ1n) is 7.70. The molecule has 1 heterocycles. The van der Waals surface area contributed by atoms with Crippen LogP contribution >= 0.6 is 23.1 Å². The van der Waals surface area contributed by atoms with Crippen LogP contribution in [0.1, 0.15) is 5.56 Å². The molecule has 0 saturated carbocycles. The van der Waals surface area contributed by atoms with Crippen molar-refractivity contribution >= 4 is 34.1 Å². The fraction of sp³-hybridized carbons (Fsp3) is 0.158. The standard InChI is InChI=1S/C19H18N2O2S2/c1-23-15-7-5-14(6-8-15)17-12-25-19(20-17)21-18(22)11-13-3-9-16(24-2)10-4-13/h3-10,12H,11H2,1-2H3,(H,20,21,22). The number of rotatable bonds is 6. The molecular formula is C19H18N2O2S2. The summed E-state index contributed by atoms with van der Waals surface area (Å²) in [6.07, 6.45) is 2.37. The summed E-state index contributed by atoms with van der Waals surface area (Å²) in [5.41, 5.74) is 2.82. The number of ether oxygens (including phenoxy) is 1. The minimum Gasteiger partial charge on any atom is -0.497 e. The van der Waals surface area contributed by atoms with Gasteiger partial charge >= 0.3 is 0 Å². The first kappa shape index (κ1) is 17.5. The van der Waals surface area contributed by atoms with E-state index in [9.17, 15) is 4.79 Å². The predicted octanol–water partition coefficient (Wildman–Crippen LogP) is 4.72. The molecule has 6 heteroatoms. The highest BCUT2D eigenvalue weighted by Crippen LogP contribution is 2.26. The summed E-state index contributed by atoms with van der Waals surface area (Å²) in [6.45, 7) is 0. The van der Waals surface area contributed by atoms with Gasteiger partial charge in [0.05, 0.1) is 19.2 Å². The molecule has 0 aliphatic heterocycles. The van der Waals surface area contributed by atoms with Crippen molar-refractivity contribution in [3.05, 3.63) is 59.5 Å². The van der Waals surface area contributed by atoms with Crippen LogP contribution in [-0.2, 0) is 11.2 Å². The van der Waals surface area contributed by atoms with Gasteiger partial charge in [-0.05, 0) is 48.2 Å². The van der Waals surface area contributed by atoms with Crippen LogP contribution in [0.5, 0.6) is 5.75 Å². The third-order valence-corrected chi connectivity index (χ3v) is 5.16. The molecular weight excluding hydrogens is 352 g/mol. The number of hydrogen-bond donors (Lipinski definition) is 1. The number of carbonyl (C=O) groups is 1. The Morgan fingerprint density at radius 1 is 1.16 bits per heavy atom. The van der Waals surface area contributed by atoms with E-state index in [1.165, 1.54) is 16.2 Å². The Bertz CT molecular complexity index is 843. The van der Waals surface area contributed by atoms with Gasteiger partial charge in [-0.1, -0.05) is 12.1 Å². The Balaban J connectivity index is 1.62. The molecule has 0 aliphatic carbocycles. The molecule has 1 aromatic heterocycles. The van der Waals surface area contributed by atoms with E-state index in [-0.39, 0.29) is 5.91 Å². The van der Waals surface area contributed by atoms with Crippen molar-refractivity contribution in [1.82, 2.24) is 4.98 Å². The molecule has 3 aromatic rings. The molecule has 0 saturated heterocycles. The second kappa shape index (κ2) is 8.18. The van der Waals surface area contributed by atoms with Crippen LogP contribution in [0.15, 0.2) is 58.8 Å². The largest absolute Gasteiger partial charge is 0.497 e. The van der Waals surface area contributed by atoms with Gasteiger partial charge in [0.1, 0.15) is 5.75 Å². The zero-order valence-corrected chi connectivity index (χ0v) is 15.6. The van der Waals surface area contributed by atoms with Gasteiger partial charge in [0.2, 0.25) is 5.91 Å². The minimum atomic E-state index is -0.0625. The fourth-order valence-electron chi connectivity index (χ4n) is 2.32. The fourth-order valence-corrected chi connectivity index (χ4v) is 3.46. The second-order valence-electron chi connectivity index (χ2n) is 5.34. The van der Waals surface area contributed by atoms with Crippen LogP contribution in [0.4, 0.5) is 5.13 Å². The van der Waals surface area contributed by atoms with Gasteiger partial charge in [0.25, 0.3) is 0 Å². The number of nitrogens with one attached hydrogen (secondary N) is 1. The maximum absolute atomic E-state index is 12.2. The molecule has 0 aliphatic rings. The highest BCUT2D eigenvalue weighted by molar-refractivity contribution is 7.98. The monoisotopic (exact) mass is 370 g/mol. The zero-order chi connectivity index (χ0) is 17.6. The van der Waals surface area contributed by atoms with E-state index in [4.69, 9.17) is 4.74 Å². The van der Waals surface area contributed by atoms with Crippen molar-refractivity contribution in [3.8, 4) is 17.0 Å². The Morgan fingerprint density at radius 3 is 2.52 bits per heavy atom. The number of benzene rings is 2. The molecule has 1 N–H and O–H groups in total.